The molecule has 1 aliphatic rings. The molecule has 0 bridgehead atoms. The third kappa shape index (κ3) is 2.08. The van der Waals surface area contributed by atoms with E-state index in [2.05, 4.69) is 29.6 Å². The lowest BCUT2D eigenvalue weighted by molar-refractivity contribution is 0.415. The Morgan fingerprint density at radius 2 is 2.24 bits per heavy atom. The molecule has 1 aromatic carbocycles. The molecule has 3 rings (SSSR count). The minimum absolute atomic E-state index is 0.935. The maximum absolute atomic E-state index is 5.26. The molecule has 0 spiro atoms. The fourth-order valence-electron chi connectivity index (χ4n) is 2.14. The summed E-state index contributed by atoms with van der Waals surface area (Å²) in [7, 11) is 1.71. The van der Waals surface area contributed by atoms with Gasteiger partial charge in [0, 0.05) is 16.1 Å². The van der Waals surface area contributed by atoms with Crippen molar-refractivity contribution in [2.45, 2.75) is 6.42 Å². The number of hydrogen-bond donors (Lipinski definition) is 1. The zero-order chi connectivity index (χ0) is 11.7. The van der Waals surface area contributed by atoms with Crippen LogP contribution in [0.15, 0.2) is 30.3 Å². The number of methoxy groups -OCH3 is 1. The van der Waals surface area contributed by atoms with Crippen molar-refractivity contribution in [1.82, 2.24) is 5.32 Å². The predicted octanol–water partition coefficient (Wildman–Crippen LogP) is 3.29. The standard InChI is InChI=1S/C14H15NOS/c1-16-12-3-2-11-8-13(17-14(11)9-12)10-4-6-15-7-5-10/h2-4,8-9,15H,5-7H2,1H3. The second-order valence-corrected chi connectivity index (χ2v) is 5.28. The van der Waals surface area contributed by atoms with E-state index in [4.69, 9.17) is 4.74 Å². The topological polar surface area (TPSA) is 21.3 Å². The quantitative estimate of drug-likeness (QED) is 0.876. The number of fused-ring (bicyclic) bond motifs is 1. The maximum atomic E-state index is 5.26. The summed E-state index contributed by atoms with van der Waals surface area (Å²) in [4.78, 5) is 1.40. The van der Waals surface area contributed by atoms with Crippen LogP contribution in [-0.2, 0) is 0 Å². The first kappa shape index (κ1) is 10.8. The summed E-state index contributed by atoms with van der Waals surface area (Å²) in [6.07, 6.45) is 3.43. The maximum Gasteiger partial charge on any atom is 0.120 e. The van der Waals surface area contributed by atoms with Crippen LogP contribution in [0.5, 0.6) is 5.75 Å². The van der Waals surface area contributed by atoms with Gasteiger partial charge in [-0.3, -0.25) is 0 Å². The lowest BCUT2D eigenvalue weighted by Gasteiger charge is -2.11. The van der Waals surface area contributed by atoms with Gasteiger partial charge in [0.15, 0.2) is 0 Å². The van der Waals surface area contributed by atoms with Gasteiger partial charge in [-0.05, 0) is 48.2 Å². The van der Waals surface area contributed by atoms with Gasteiger partial charge in [-0.15, -0.1) is 11.3 Å². The largest absolute Gasteiger partial charge is 0.497 e. The molecule has 2 heterocycles. The van der Waals surface area contributed by atoms with E-state index in [0.717, 1.165) is 25.3 Å². The van der Waals surface area contributed by atoms with E-state index in [0.29, 0.717) is 0 Å². The van der Waals surface area contributed by atoms with Gasteiger partial charge in [-0.1, -0.05) is 6.08 Å². The van der Waals surface area contributed by atoms with Crippen LogP contribution in [0.2, 0.25) is 0 Å². The molecule has 0 amide bonds. The molecule has 0 atom stereocenters. The highest BCUT2D eigenvalue weighted by molar-refractivity contribution is 7.20. The van der Waals surface area contributed by atoms with Gasteiger partial charge in [0.25, 0.3) is 0 Å². The Morgan fingerprint density at radius 1 is 1.29 bits per heavy atom. The van der Waals surface area contributed by atoms with Gasteiger partial charge in [0.05, 0.1) is 7.11 Å². The van der Waals surface area contributed by atoms with Gasteiger partial charge in [0.2, 0.25) is 0 Å². The molecule has 0 unspecified atom stereocenters. The number of benzene rings is 1. The fourth-order valence-corrected chi connectivity index (χ4v) is 3.30. The zero-order valence-electron chi connectivity index (χ0n) is 9.82. The van der Waals surface area contributed by atoms with E-state index < -0.39 is 0 Å². The Bertz CT molecular complexity index is 571. The summed E-state index contributed by atoms with van der Waals surface area (Å²) in [6.45, 7) is 2.08. The van der Waals surface area contributed by atoms with Crippen molar-refractivity contribution in [2.24, 2.45) is 0 Å². The lowest BCUT2D eigenvalue weighted by atomic mass is 10.1. The highest BCUT2D eigenvalue weighted by Gasteiger charge is 2.09. The molecule has 3 heteroatoms. The van der Waals surface area contributed by atoms with Gasteiger partial charge in [-0.25, -0.2) is 0 Å². The zero-order valence-corrected chi connectivity index (χ0v) is 10.6. The molecule has 1 aliphatic heterocycles. The van der Waals surface area contributed by atoms with Crippen LogP contribution in [0.4, 0.5) is 0 Å². The predicted molar refractivity (Wildman–Crippen MR) is 73.8 cm³/mol. The molecule has 0 fully saturated rings. The molecule has 17 heavy (non-hydrogen) atoms. The first-order valence-electron chi connectivity index (χ1n) is 5.84. The summed E-state index contributed by atoms with van der Waals surface area (Å²) >= 11 is 1.86. The third-order valence-corrected chi connectivity index (χ3v) is 4.28. The van der Waals surface area contributed by atoms with Crippen molar-refractivity contribution in [1.29, 1.82) is 0 Å². The van der Waals surface area contributed by atoms with Crippen LogP contribution in [0.3, 0.4) is 0 Å². The summed E-state index contributed by atoms with van der Waals surface area (Å²) in [5.74, 6) is 0.935. The van der Waals surface area contributed by atoms with Crippen molar-refractivity contribution in [3.63, 3.8) is 0 Å². The number of hydrogen-bond acceptors (Lipinski definition) is 3. The van der Waals surface area contributed by atoms with Crippen molar-refractivity contribution in [3.8, 4) is 5.75 Å². The smallest absolute Gasteiger partial charge is 0.120 e. The van der Waals surface area contributed by atoms with Crippen LogP contribution in [-0.4, -0.2) is 20.2 Å². The average molecular weight is 245 g/mol. The Kier molecular flexibility index (Phi) is 2.87. The number of nitrogens with one attached hydrogen (secondary N) is 1. The highest BCUT2D eigenvalue weighted by Crippen LogP contribution is 2.34. The lowest BCUT2D eigenvalue weighted by Crippen LogP contribution is -2.19. The highest BCUT2D eigenvalue weighted by atomic mass is 32.1. The SMILES string of the molecule is COc1ccc2cc(C3=CCNCC3)sc2c1. The van der Waals surface area contributed by atoms with Crippen LogP contribution in [0, 0.1) is 0 Å². The molecule has 0 saturated heterocycles. The molecule has 1 N–H and O–H groups in total. The van der Waals surface area contributed by atoms with E-state index >= 15 is 0 Å². The van der Waals surface area contributed by atoms with Crippen molar-refractivity contribution in [2.75, 3.05) is 20.2 Å². The Balaban J connectivity index is 2.03. The van der Waals surface area contributed by atoms with Gasteiger partial charge >= 0.3 is 0 Å². The van der Waals surface area contributed by atoms with E-state index in [1.54, 1.807) is 7.11 Å². The molecular formula is C14H15NOS. The number of rotatable bonds is 2. The minimum Gasteiger partial charge on any atom is -0.497 e. The molecule has 1 aromatic heterocycles. The fraction of sp³-hybridized carbons (Fsp3) is 0.286. The van der Waals surface area contributed by atoms with Gasteiger partial charge in [0.1, 0.15) is 5.75 Å². The molecule has 2 aromatic rings. The second-order valence-electron chi connectivity index (χ2n) is 4.20. The van der Waals surface area contributed by atoms with E-state index in [1.807, 2.05) is 17.4 Å². The molecule has 0 radical (unpaired) electrons. The molecule has 0 saturated carbocycles. The summed E-state index contributed by atoms with van der Waals surface area (Å²) in [5, 5.41) is 4.66. The molecular weight excluding hydrogens is 230 g/mol. The van der Waals surface area contributed by atoms with Gasteiger partial charge < -0.3 is 10.1 Å². The summed E-state index contributed by atoms with van der Waals surface area (Å²) in [6, 6.07) is 8.56. The van der Waals surface area contributed by atoms with Crippen molar-refractivity contribution < 1.29 is 4.74 Å². The Labute approximate surface area is 105 Å². The van der Waals surface area contributed by atoms with Crippen LogP contribution in [0.25, 0.3) is 15.7 Å². The van der Waals surface area contributed by atoms with Gasteiger partial charge in [-0.2, -0.15) is 0 Å². The second kappa shape index (κ2) is 4.51. The van der Waals surface area contributed by atoms with E-state index in [9.17, 15) is 0 Å². The summed E-state index contributed by atoms with van der Waals surface area (Å²) in [5.41, 5.74) is 1.48. The molecule has 88 valence electrons. The summed E-state index contributed by atoms with van der Waals surface area (Å²) < 4.78 is 6.56. The Morgan fingerprint density at radius 3 is 3.00 bits per heavy atom. The molecule has 0 aliphatic carbocycles. The minimum atomic E-state index is 0.935. The monoisotopic (exact) mass is 245 g/mol. The first-order valence-corrected chi connectivity index (χ1v) is 6.66. The van der Waals surface area contributed by atoms with Crippen molar-refractivity contribution in [3.05, 3.63) is 35.2 Å². The Hall–Kier alpha value is -1.32. The molecule has 2 nitrogen and oxygen atoms in total. The van der Waals surface area contributed by atoms with Crippen molar-refractivity contribution >= 4 is 27.0 Å². The van der Waals surface area contributed by atoms with E-state index in [-0.39, 0.29) is 0 Å². The average Bonchev–Trinajstić information content (AvgIpc) is 2.82. The third-order valence-electron chi connectivity index (χ3n) is 3.11. The van der Waals surface area contributed by atoms with Crippen LogP contribution < -0.4 is 10.1 Å². The first-order chi connectivity index (χ1) is 8.36. The normalized spacial score (nSPS) is 15.9. The van der Waals surface area contributed by atoms with E-state index in [1.165, 1.54) is 20.5 Å². The van der Waals surface area contributed by atoms with Crippen LogP contribution in [0.1, 0.15) is 11.3 Å². The van der Waals surface area contributed by atoms with Crippen LogP contribution >= 0.6 is 11.3 Å². The number of thiophene rings is 1. The number of ether oxygens (including phenoxy) is 1.